The number of nitrogens with zero attached hydrogens (tertiary/aromatic N) is 1. The molecule has 0 spiro atoms. The predicted molar refractivity (Wildman–Crippen MR) is 76.4 cm³/mol. The van der Waals surface area contributed by atoms with Gasteiger partial charge in [0.05, 0.1) is 5.56 Å². The van der Waals surface area contributed by atoms with Gasteiger partial charge in [0.1, 0.15) is 5.82 Å². The largest absolute Gasteiger partial charge is 0.338 e. The molecule has 0 saturated carbocycles. The number of benzene rings is 1. The standard InChI is InChI=1S/C14H18BrFN2O/c1-2-9-8-18(7-6-12(9)17)14(19)13-10(15)4-3-5-11(13)16/h3-5,9,12H,2,6-8,17H2,1H3. The minimum absolute atomic E-state index is 0.118. The van der Waals surface area contributed by atoms with Gasteiger partial charge in [-0.05, 0) is 40.4 Å². The lowest BCUT2D eigenvalue weighted by Crippen LogP contribution is -2.49. The summed E-state index contributed by atoms with van der Waals surface area (Å²) < 4.78 is 14.3. The van der Waals surface area contributed by atoms with Crippen LogP contribution < -0.4 is 5.73 Å². The second-order valence-electron chi connectivity index (χ2n) is 4.97. The van der Waals surface area contributed by atoms with E-state index in [1.165, 1.54) is 6.07 Å². The topological polar surface area (TPSA) is 46.3 Å². The van der Waals surface area contributed by atoms with Crippen LogP contribution in [0.1, 0.15) is 30.1 Å². The molecule has 104 valence electrons. The van der Waals surface area contributed by atoms with E-state index in [0.29, 0.717) is 23.5 Å². The Balaban J connectivity index is 2.20. The van der Waals surface area contributed by atoms with E-state index in [-0.39, 0.29) is 17.5 Å². The summed E-state index contributed by atoms with van der Waals surface area (Å²) in [7, 11) is 0. The minimum atomic E-state index is -0.484. The highest BCUT2D eigenvalue weighted by Crippen LogP contribution is 2.25. The third-order valence-electron chi connectivity index (χ3n) is 3.78. The third-order valence-corrected chi connectivity index (χ3v) is 4.44. The van der Waals surface area contributed by atoms with Gasteiger partial charge in [-0.3, -0.25) is 4.79 Å². The zero-order valence-electron chi connectivity index (χ0n) is 10.9. The lowest BCUT2D eigenvalue weighted by molar-refractivity contribution is 0.0643. The zero-order valence-corrected chi connectivity index (χ0v) is 12.5. The van der Waals surface area contributed by atoms with Crippen molar-refractivity contribution >= 4 is 21.8 Å². The maximum absolute atomic E-state index is 13.8. The Labute approximate surface area is 121 Å². The average Bonchev–Trinajstić information content (AvgIpc) is 2.39. The van der Waals surface area contributed by atoms with E-state index in [9.17, 15) is 9.18 Å². The Kier molecular flexibility index (Phi) is 4.58. The lowest BCUT2D eigenvalue weighted by atomic mass is 9.90. The van der Waals surface area contributed by atoms with Crippen molar-refractivity contribution in [3.63, 3.8) is 0 Å². The molecule has 19 heavy (non-hydrogen) atoms. The molecule has 1 aromatic carbocycles. The van der Waals surface area contributed by atoms with Crippen LogP contribution in [0, 0.1) is 11.7 Å². The first-order valence-electron chi connectivity index (χ1n) is 6.53. The number of likely N-dealkylation sites (tertiary alicyclic amines) is 1. The number of carbonyl (C=O) groups is 1. The van der Waals surface area contributed by atoms with Crippen LogP contribution in [0.15, 0.2) is 22.7 Å². The van der Waals surface area contributed by atoms with Crippen molar-refractivity contribution in [3.8, 4) is 0 Å². The second kappa shape index (κ2) is 6.01. The second-order valence-corrected chi connectivity index (χ2v) is 5.82. The van der Waals surface area contributed by atoms with E-state index < -0.39 is 5.82 Å². The number of carbonyl (C=O) groups excluding carboxylic acids is 1. The van der Waals surface area contributed by atoms with Gasteiger partial charge in [-0.1, -0.05) is 19.4 Å². The number of halogens is 2. The Morgan fingerprint density at radius 2 is 2.32 bits per heavy atom. The first-order chi connectivity index (χ1) is 9.04. The lowest BCUT2D eigenvalue weighted by Gasteiger charge is -2.36. The predicted octanol–water partition coefficient (Wildman–Crippen LogP) is 2.79. The van der Waals surface area contributed by atoms with Gasteiger partial charge in [0, 0.05) is 23.6 Å². The van der Waals surface area contributed by atoms with E-state index in [1.807, 2.05) is 0 Å². The number of piperidine rings is 1. The summed E-state index contributed by atoms with van der Waals surface area (Å²) in [6.07, 6.45) is 1.71. The Morgan fingerprint density at radius 3 is 2.95 bits per heavy atom. The molecular weight excluding hydrogens is 311 g/mol. The fourth-order valence-corrected chi connectivity index (χ4v) is 3.04. The number of nitrogens with two attached hydrogens (primary N) is 1. The molecule has 1 aliphatic heterocycles. The molecule has 1 aliphatic rings. The van der Waals surface area contributed by atoms with Crippen LogP contribution in [0.2, 0.25) is 0 Å². The van der Waals surface area contributed by atoms with E-state index in [4.69, 9.17) is 5.73 Å². The van der Waals surface area contributed by atoms with Crippen molar-refractivity contribution in [2.75, 3.05) is 13.1 Å². The fraction of sp³-hybridized carbons (Fsp3) is 0.500. The highest BCUT2D eigenvalue weighted by atomic mass is 79.9. The summed E-state index contributed by atoms with van der Waals surface area (Å²) in [5.41, 5.74) is 6.15. The summed E-state index contributed by atoms with van der Waals surface area (Å²) in [6, 6.07) is 4.71. The molecule has 5 heteroatoms. The molecule has 1 saturated heterocycles. The van der Waals surface area contributed by atoms with Crippen LogP contribution in [-0.4, -0.2) is 29.9 Å². The molecule has 1 amide bonds. The fourth-order valence-electron chi connectivity index (χ4n) is 2.53. The van der Waals surface area contributed by atoms with E-state index in [2.05, 4.69) is 22.9 Å². The number of rotatable bonds is 2. The van der Waals surface area contributed by atoms with Crippen molar-refractivity contribution < 1.29 is 9.18 Å². The average molecular weight is 329 g/mol. The van der Waals surface area contributed by atoms with Crippen LogP contribution in [0.4, 0.5) is 4.39 Å². The summed E-state index contributed by atoms with van der Waals surface area (Å²) in [4.78, 5) is 14.1. The normalized spacial score (nSPS) is 23.5. The number of amides is 1. The molecule has 0 radical (unpaired) electrons. The molecule has 2 unspecified atom stereocenters. The van der Waals surface area contributed by atoms with Gasteiger partial charge in [-0.2, -0.15) is 0 Å². The van der Waals surface area contributed by atoms with Crippen molar-refractivity contribution in [2.24, 2.45) is 11.7 Å². The van der Waals surface area contributed by atoms with Crippen LogP contribution in [0.3, 0.4) is 0 Å². The summed E-state index contributed by atoms with van der Waals surface area (Å²) in [5.74, 6) is -0.444. The molecule has 2 N–H and O–H groups in total. The molecule has 3 nitrogen and oxygen atoms in total. The van der Waals surface area contributed by atoms with Crippen molar-refractivity contribution in [3.05, 3.63) is 34.1 Å². The van der Waals surface area contributed by atoms with Gasteiger partial charge in [0.2, 0.25) is 0 Å². The van der Waals surface area contributed by atoms with Crippen LogP contribution in [-0.2, 0) is 0 Å². The van der Waals surface area contributed by atoms with Gasteiger partial charge in [-0.25, -0.2) is 4.39 Å². The Bertz CT molecular complexity index is 460. The number of hydrogen-bond donors (Lipinski definition) is 1. The highest BCUT2D eigenvalue weighted by molar-refractivity contribution is 9.10. The van der Waals surface area contributed by atoms with E-state index in [0.717, 1.165) is 12.8 Å². The smallest absolute Gasteiger partial charge is 0.257 e. The van der Waals surface area contributed by atoms with Gasteiger partial charge < -0.3 is 10.6 Å². The van der Waals surface area contributed by atoms with Crippen LogP contribution in [0.25, 0.3) is 0 Å². The summed E-state index contributed by atoms with van der Waals surface area (Å²) in [5, 5.41) is 0. The zero-order chi connectivity index (χ0) is 14.0. The Morgan fingerprint density at radius 1 is 1.58 bits per heavy atom. The highest BCUT2D eigenvalue weighted by Gasteiger charge is 2.30. The first-order valence-corrected chi connectivity index (χ1v) is 7.32. The molecule has 0 bridgehead atoms. The van der Waals surface area contributed by atoms with Crippen molar-refractivity contribution in [2.45, 2.75) is 25.8 Å². The molecular formula is C14H18BrFN2O. The quantitative estimate of drug-likeness (QED) is 0.907. The maximum atomic E-state index is 13.8. The van der Waals surface area contributed by atoms with Gasteiger partial charge in [-0.15, -0.1) is 0 Å². The molecule has 0 aliphatic carbocycles. The minimum Gasteiger partial charge on any atom is -0.338 e. The van der Waals surface area contributed by atoms with Crippen LogP contribution in [0.5, 0.6) is 0 Å². The SMILES string of the molecule is CCC1CN(C(=O)c2c(F)cccc2Br)CCC1N. The summed E-state index contributed by atoms with van der Waals surface area (Å²) >= 11 is 3.25. The molecule has 1 aromatic rings. The Hall–Kier alpha value is -0.940. The van der Waals surface area contributed by atoms with Gasteiger partial charge in [0.25, 0.3) is 5.91 Å². The van der Waals surface area contributed by atoms with Gasteiger partial charge in [0.15, 0.2) is 0 Å². The van der Waals surface area contributed by atoms with E-state index >= 15 is 0 Å². The molecule has 0 aromatic heterocycles. The molecule has 2 rings (SSSR count). The van der Waals surface area contributed by atoms with Crippen molar-refractivity contribution in [1.29, 1.82) is 0 Å². The van der Waals surface area contributed by atoms with Gasteiger partial charge >= 0.3 is 0 Å². The molecule has 1 heterocycles. The van der Waals surface area contributed by atoms with E-state index in [1.54, 1.807) is 17.0 Å². The monoisotopic (exact) mass is 328 g/mol. The number of hydrogen-bond acceptors (Lipinski definition) is 2. The molecule has 1 fully saturated rings. The van der Waals surface area contributed by atoms with Crippen LogP contribution >= 0.6 is 15.9 Å². The van der Waals surface area contributed by atoms with Crippen molar-refractivity contribution in [1.82, 2.24) is 4.90 Å². The molecule has 2 atom stereocenters. The summed E-state index contributed by atoms with van der Waals surface area (Å²) in [6.45, 7) is 3.27. The third kappa shape index (κ3) is 2.98. The maximum Gasteiger partial charge on any atom is 0.257 e. The first kappa shape index (κ1) is 14.5.